The zero-order chi connectivity index (χ0) is 21.4. The number of nitrogens with zero attached hydrogens (tertiary/aromatic N) is 3. The summed E-state index contributed by atoms with van der Waals surface area (Å²) in [6.07, 6.45) is 1.67. The summed E-state index contributed by atoms with van der Waals surface area (Å²) in [5, 5.41) is 11.1. The number of nitro benzene ring substituents is 1. The van der Waals surface area contributed by atoms with Crippen LogP contribution < -0.4 is 10.1 Å². The molecule has 31 heavy (non-hydrogen) atoms. The van der Waals surface area contributed by atoms with Crippen LogP contribution in [0.1, 0.15) is 5.56 Å². The first kappa shape index (κ1) is 18.9. The molecule has 0 amide bonds. The minimum absolute atomic E-state index is 0.0149. The standard InChI is InChI=1S/C24H15N3O3S/c28-23-20(15-16-8-7-13-19(14-16)27(29)30)31-24-25-21(17-9-3-1-4-10-17)22(26(23)24)18-11-5-2-6-12-18/h1-15H/b20-15+. The number of rotatable bonds is 4. The van der Waals surface area contributed by atoms with Gasteiger partial charge in [0.2, 0.25) is 0 Å². The van der Waals surface area contributed by atoms with Crippen molar-refractivity contribution in [3.05, 3.63) is 115 Å². The number of hydrogen-bond donors (Lipinski definition) is 0. The molecule has 0 aliphatic rings. The molecule has 0 saturated heterocycles. The predicted octanol–water partition coefficient (Wildman–Crippen LogP) is 4.55. The molecule has 0 atom stereocenters. The van der Waals surface area contributed by atoms with Gasteiger partial charge in [-0.15, -0.1) is 0 Å². The lowest BCUT2D eigenvalue weighted by atomic mass is 10.1. The van der Waals surface area contributed by atoms with E-state index in [1.165, 1.54) is 23.5 Å². The van der Waals surface area contributed by atoms with Crippen LogP contribution in [0.15, 0.2) is 89.7 Å². The van der Waals surface area contributed by atoms with Gasteiger partial charge in [-0.3, -0.25) is 14.9 Å². The van der Waals surface area contributed by atoms with Gasteiger partial charge in [0.25, 0.3) is 11.2 Å². The first-order chi connectivity index (χ1) is 15.1. The number of aromatic nitrogens is 2. The Morgan fingerprint density at radius 1 is 0.903 bits per heavy atom. The van der Waals surface area contributed by atoms with Gasteiger partial charge in [0.05, 0.1) is 20.8 Å². The Morgan fingerprint density at radius 2 is 1.58 bits per heavy atom. The molecule has 7 heteroatoms. The summed E-state index contributed by atoms with van der Waals surface area (Å²) < 4.78 is 2.10. The average molecular weight is 425 g/mol. The topological polar surface area (TPSA) is 77.5 Å². The van der Waals surface area contributed by atoms with E-state index in [9.17, 15) is 14.9 Å². The molecule has 0 saturated carbocycles. The molecule has 0 unspecified atom stereocenters. The number of imidazole rings is 1. The molecule has 2 aromatic heterocycles. The van der Waals surface area contributed by atoms with Crippen molar-refractivity contribution in [3.63, 3.8) is 0 Å². The third-order valence-corrected chi connectivity index (χ3v) is 5.90. The number of fused-ring (bicyclic) bond motifs is 1. The molecule has 150 valence electrons. The van der Waals surface area contributed by atoms with E-state index in [1.54, 1.807) is 22.6 Å². The first-order valence-corrected chi connectivity index (χ1v) is 10.4. The van der Waals surface area contributed by atoms with E-state index in [0.29, 0.717) is 15.1 Å². The zero-order valence-electron chi connectivity index (χ0n) is 16.1. The lowest BCUT2D eigenvalue weighted by molar-refractivity contribution is -0.384. The van der Waals surface area contributed by atoms with Crippen LogP contribution in [0.4, 0.5) is 5.69 Å². The molecule has 3 aromatic carbocycles. The molecule has 0 fully saturated rings. The van der Waals surface area contributed by atoms with Gasteiger partial charge in [0.1, 0.15) is 0 Å². The number of thiazole rings is 1. The maximum absolute atomic E-state index is 13.4. The molecule has 0 N–H and O–H groups in total. The number of nitro groups is 1. The molecular formula is C24H15N3O3S. The van der Waals surface area contributed by atoms with Crippen molar-refractivity contribution in [1.82, 2.24) is 9.38 Å². The molecule has 0 aliphatic heterocycles. The Balaban J connectivity index is 1.77. The lowest BCUT2D eigenvalue weighted by Crippen LogP contribution is -2.23. The Labute approximate surface area is 180 Å². The smallest absolute Gasteiger partial charge is 0.267 e. The molecular weight excluding hydrogens is 410 g/mol. The van der Waals surface area contributed by atoms with Crippen molar-refractivity contribution in [1.29, 1.82) is 0 Å². The Hall–Kier alpha value is -4.10. The van der Waals surface area contributed by atoms with Crippen LogP contribution in [-0.2, 0) is 0 Å². The van der Waals surface area contributed by atoms with Gasteiger partial charge in [-0.25, -0.2) is 9.38 Å². The number of non-ortho nitro benzene ring substituents is 1. The quantitative estimate of drug-likeness (QED) is 0.313. The third kappa shape index (κ3) is 3.41. The summed E-state index contributed by atoms with van der Waals surface area (Å²) in [4.78, 5) is 29.3. The van der Waals surface area contributed by atoms with Crippen LogP contribution in [0.3, 0.4) is 0 Å². The third-order valence-electron chi connectivity index (χ3n) is 4.94. The summed E-state index contributed by atoms with van der Waals surface area (Å²) >= 11 is 1.27. The minimum Gasteiger partial charge on any atom is -0.267 e. The van der Waals surface area contributed by atoms with Gasteiger partial charge in [0.15, 0.2) is 4.96 Å². The molecule has 0 bridgehead atoms. The maximum atomic E-state index is 13.4. The lowest BCUT2D eigenvalue weighted by Gasteiger charge is -2.04. The summed E-state index contributed by atoms with van der Waals surface area (Å²) in [6, 6.07) is 25.7. The molecule has 0 spiro atoms. The predicted molar refractivity (Wildman–Crippen MR) is 122 cm³/mol. The fourth-order valence-corrected chi connectivity index (χ4v) is 4.51. The number of benzene rings is 3. The van der Waals surface area contributed by atoms with Crippen LogP contribution in [0.25, 0.3) is 33.6 Å². The molecule has 6 nitrogen and oxygen atoms in total. The van der Waals surface area contributed by atoms with Gasteiger partial charge >= 0.3 is 0 Å². The van der Waals surface area contributed by atoms with Crippen LogP contribution >= 0.6 is 11.3 Å². The van der Waals surface area contributed by atoms with Gasteiger partial charge in [-0.1, -0.05) is 84.1 Å². The van der Waals surface area contributed by atoms with Crippen molar-refractivity contribution in [2.45, 2.75) is 0 Å². The Kier molecular flexibility index (Phi) is 4.65. The van der Waals surface area contributed by atoms with Gasteiger partial charge in [-0.2, -0.15) is 0 Å². The Bertz CT molecular complexity index is 1520. The zero-order valence-corrected chi connectivity index (χ0v) is 17.0. The van der Waals surface area contributed by atoms with Crippen LogP contribution in [0.2, 0.25) is 0 Å². The van der Waals surface area contributed by atoms with Crippen molar-refractivity contribution in [3.8, 4) is 22.5 Å². The molecule has 0 radical (unpaired) electrons. The largest absolute Gasteiger partial charge is 0.274 e. The van der Waals surface area contributed by atoms with Gasteiger partial charge in [0, 0.05) is 23.3 Å². The van der Waals surface area contributed by atoms with Crippen LogP contribution in [0, 0.1) is 10.1 Å². The van der Waals surface area contributed by atoms with E-state index < -0.39 is 4.92 Å². The second-order valence-corrected chi connectivity index (χ2v) is 7.94. The SMILES string of the molecule is O=c1/c(=C\c2cccc([N+](=O)[O-])c2)sc2nc(-c3ccccc3)c(-c3ccccc3)n12. The van der Waals surface area contributed by atoms with E-state index in [-0.39, 0.29) is 11.2 Å². The molecule has 5 rings (SSSR count). The highest BCUT2D eigenvalue weighted by molar-refractivity contribution is 7.15. The van der Waals surface area contributed by atoms with Gasteiger partial charge in [-0.05, 0) is 11.6 Å². The summed E-state index contributed by atoms with van der Waals surface area (Å²) in [5.41, 5.74) is 3.70. The Morgan fingerprint density at radius 3 is 2.26 bits per heavy atom. The monoisotopic (exact) mass is 425 g/mol. The molecule has 2 heterocycles. The van der Waals surface area contributed by atoms with Gasteiger partial charge < -0.3 is 0 Å². The second kappa shape index (κ2) is 7.62. The van der Waals surface area contributed by atoms with Crippen molar-refractivity contribution >= 4 is 28.1 Å². The summed E-state index contributed by atoms with van der Waals surface area (Å²) in [6.45, 7) is 0. The van der Waals surface area contributed by atoms with E-state index >= 15 is 0 Å². The fraction of sp³-hybridized carbons (Fsp3) is 0. The van der Waals surface area contributed by atoms with Crippen LogP contribution in [-0.4, -0.2) is 14.3 Å². The van der Waals surface area contributed by atoms with Crippen LogP contribution in [0.5, 0.6) is 0 Å². The molecule has 5 aromatic rings. The highest BCUT2D eigenvalue weighted by atomic mass is 32.1. The van der Waals surface area contributed by atoms with E-state index in [4.69, 9.17) is 4.98 Å². The fourth-order valence-electron chi connectivity index (χ4n) is 3.54. The summed E-state index contributed by atoms with van der Waals surface area (Å²) in [7, 11) is 0. The van der Waals surface area contributed by atoms with E-state index in [0.717, 1.165) is 22.5 Å². The van der Waals surface area contributed by atoms with Crippen molar-refractivity contribution < 1.29 is 4.92 Å². The second-order valence-electron chi connectivity index (χ2n) is 6.93. The maximum Gasteiger partial charge on any atom is 0.274 e. The average Bonchev–Trinajstić information content (AvgIpc) is 3.32. The van der Waals surface area contributed by atoms with Crippen molar-refractivity contribution in [2.24, 2.45) is 0 Å². The first-order valence-electron chi connectivity index (χ1n) is 9.54. The van der Waals surface area contributed by atoms with E-state index in [2.05, 4.69) is 0 Å². The van der Waals surface area contributed by atoms with Crippen molar-refractivity contribution in [2.75, 3.05) is 0 Å². The van der Waals surface area contributed by atoms with E-state index in [1.807, 2.05) is 60.7 Å². The highest BCUT2D eigenvalue weighted by Crippen LogP contribution is 2.32. The highest BCUT2D eigenvalue weighted by Gasteiger charge is 2.19. The number of hydrogen-bond acceptors (Lipinski definition) is 5. The minimum atomic E-state index is -0.448. The normalized spacial score (nSPS) is 11.8. The molecule has 0 aliphatic carbocycles. The summed E-state index contributed by atoms with van der Waals surface area (Å²) in [5.74, 6) is 0.